The van der Waals surface area contributed by atoms with Gasteiger partial charge in [0.2, 0.25) is 0 Å². The molecule has 0 aliphatic carbocycles. The third-order valence-electron chi connectivity index (χ3n) is 5.18. The molecule has 0 N–H and O–H groups in total. The summed E-state index contributed by atoms with van der Waals surface area (Å²) in [7, 11) is 0. The van der Waals surface area contributed by atoms with Crippen LogP contribution in [0.5, 0.6) is 0 Å². The van der Waals surface area contributed by atoms with E-state index in [2.05, 4.69) is 71.8 Å². The molecule has 1 aliphatic heterocycles. The minimum atomic E-state index is 0.810. The Labute approximate surface area is 176 Å². The van der Waals surface area contributed by atoms with Gasteiger partial charge in [-0.15, -0.1) is 0 Å². The van der Waals surface area contributed by atoms with E-state index in [9.17, 15) is 0 Å². The Hall–Kier alpha value is -3.98. The van der Waals surface area contributed by atoms with Gasteiger partial charge in [-0.2, -0.15) is 5.10 Å². The lowest BCUT2D eigenvalue weighted by Crippen LogP contribution is -2.07. The minimum Gasteiger partial charge on any atom is -0.228 e. The second kappa shape index (κ2) is 8.18. The van der Waals surface area contributed by atoms with Crippen LogP contribution in [0, 0.1) is 0 Å². The van der Waals surface area contributed by atoms with Crippen molar-refractivity contribution in [3.63, 3.8) is 0 Å². The Bertz CT molecular complexity index is 1190. The molecule has 0 amide bonds. The fourth-order valence-corrected chi connectivity index (χ4v) is 3.68. The Kier molecular flexibility index (Phi) is 4.93. The third-order valence-corrected chi connectivity index (χ3v) is 5.18. The van der Waals surface area contributed by atoms with E-state index >= 15 is 0 Å². The Morgan fingerprint density at radius 2 is 1.33 bits per heavy atom. The van der Waals surface area contributed by atoms with Gasteiger partial charge in [-0.3, -0.25) is 0 Å². The second-order valence-electron chi connectivity index (χ2n) is 7.16. The average molecular weight is 387 g/mol. The maximum absolute atomic E-state index is 5.16. The molecule has 30 heavy (non-hydrogen) atoms. The number of allylic oxidation sites excluding steroid dienone is 3. The summed E-state index contributed by atoms with van der Waals surface area (Å²) in [5.41, 5.74) is 6.53. The van der Waals surface area contributed by atoms with E-state index in [-0.39, 0.29) is 0 Å². The first-order chi connectivity index (χ1) is 14.9. The topological polar surface area (TPSA) is 30.2 Å². The van der Waals surface area contributed by atoms with Crippen molar-refractivity contribution in [1.82, 2.24) is 9.78 Å². The summed E-state index contributed by atoms with van der Waals surface area (Å²) in [5, 5.41) is 4.57. The van der Waals surface area contributed by atoms with Gasteiger partial charge in [0.1, 0.15) is 0 Å². The predicted molar refractivity (Wildman–Crippen MR) is 123 cm³/mol. The summed E-state index contributed by atoms with van der Waals surface area (Å²) in [6, 6.07) is 33.1. The van der Waals surface area contributed by atoms with Crippen LogP contribution in [0.2, 0.25) is 0 Å². The van der Waals surface area contributed by atoms with Crippen LogP contribution in [0.15, 0.2) is 120 Å². The smallest absolute Gasteiger partial charge is 0.154 e. The molecule has 0 unspecified atom stereocenters. The third kappa shape index (κ3) is 3.65. The molecule has 0 radical (unpaired) electrons. The summed E-state index contributed by atoms with van der Waals surface area (Å²) in [4.78, 5) is 5.16. The molecule has 0 spiro atoms. The lowest BCUT2D eigenvalue weighted by Gasteiger charge is -2.11. The molecule has 0 saturated heterocycles. The van der Waals surface area contributed by atoms with Gasteiger partial charge in [0.25, 0.3) is 0 Å². The molecule has 3 heteroatoms. The molecule has 5 rings (SSSR count). The van der Waals surface area contributed by atoms with E-state index < -0.39 is 0 Å². The van der Waals surface area contributed by atoms with Gasteiger partial charge >= 0.3 is 0 Å². The molecule has 0 bridgehead atoms. The van der Waals surface area contributed by atoms with Crippen LogP contribution in [0.4, 0.5) is 0 Å². The number of aromatic nitrogens is 2. The van der Waals surface area contributed by atoms with Crippen molar-refractivity contribution in [1.29, 1.82) is 0 Å². The molecular weight excluding hydrogens is 366 g/mol. The number of rotatable bonds is 4. The Balaban J connectivity index is 1.69. The Morgan fingerprint density at radius 3 is 1.97 bits per heavy atom. The van der Waals surface area contributed by atoms with Gasteiger partial charge in [0, 0.05) is 29.4 Å². The SMILES string of the molecule is C1=C(c2ccccc2)C=C(N=C(c2ccccc2)c2ccccc2)n2nccc2C1. The highest BCUT2D eigenvalue weighted by Crippen LogP contribution is 2.26. The van der Waals surface area contributed by atoms with Gasteiger partial charge in [0.05, 0.1) is 5.71 Å². The number of fused-ring (bicyclic) bond motifs is 1. The summed E-state index contributed by atoms with van der Waals surface area (Å²) in [5.74, 6) is 0.810. The van der Waals surface area contributed by atoms with Crippen molar-refractivity contribution in [2.75, 3.05) is 0 Å². The fraction of sp³-hybridized carbons (Fsp3) is 0.0370. The molecule has 3 nitrogen and oxygen atoms in total. The lowest BCUT2D eigenvalue weighted by molar-refractivity contribution is 0.841. The van der Waals surface area contributed by atoms with Crippen LogP contribution in [0.25, 0.3) is 11.4 Å². The number of hydrogen-bond donors (Lipinski definition) is 0. The van der Waals surface area contributed by atoms with E-state index in [1.54, 1.807) is 0 Å². The highest BCUT2D eigenvalue weighted by molar-refractivity contribution is 6.14. The normalized spacial score (nSPS) is 12.9. The number of benzene rings is 3. The highest BCUT2D eigenvalue weighted by Gasteiger charge is 2.15. The van der Waals surface area contributed by atoms with Gasteiger partial charge in [0.15, 0.2) is 5.82 Å². The first kappa shape index (κ1) is 18.1. The number of nitrogens with zero attached hydrogens (tertiary/aromatic N) is 3. The quantitative estimate of drug-likeness (QED) is 0.404. The predicted octanol–water partition coefficient (Wildman–Crippen LogP) is 5.86. The lowest BCUT2D eigenvalue weighted by atomic mass is 10.0. The number of hydrogen-bond acceptors (Lipinski definition) is 2. The van der Waals surface area contributed by atoms with E-state index in [0.717, 1.165) is 40.3 Å². The zero-order valence-electron chi connectivity index (χ0n) is 16.5. The van der Waals surface area contributed by atoms with Gasteiger partial charge in [-0.25, -0.2) is 9.67 Å². The molecule has 0 atom stereocenters. The first-order valence-electron chi connectivity index (χ1n) is 10.1. The summed E-state index contributed by atoms with van der Waals surface area (Å²) < 4.78 is 1.94. The van der Waals surface area contributed by atoms with E-state index in [0.29, 0.717) is 0 Å². The van der Waals surface area contributed by atoms with Crippen LogP contribution in [-0.2, 0) is 6.42 Å². The molecular formula is C27H21N3. The largest absolute Gasteiger partial charge is 0.228 e. The highest BCUT2D eigenvalue weighted by atomic mass is 15.3. The summed E-state index contributed by atoms with van der Waals surface area (Å²) in [6.45, 7) is 0. The van der Waals surface area contributed by atoms with E-state index in [1.807, 2.05) is 53.3 Å². The zero-order chi connectivity index (χ0) is 20.2. The van der Waals surface area contributed by atoms with Gasteiger partial charge < -0.3 is 0 Å². The van der Waals surface area contributed by atoms with Crippen molar-refractivity contribution < 1.29 is 0 Å². The minimum absolute atomic E-state index is 0.810. The second-order valence-corrected chi connectivity index (χ2v) is 7.16. The van der Waals surface area contributed by atoms with Gasteiger partial charge in [-0.05, 0) is 23.3 Å². The Morgan fingerprint density at radius 1 is 0.733 bits per heavy atom. The fourth-order valence-electron chi connectivity index (χ4n) is 3.68. The van der Waals surface area contributed by atoms with Crippen LogP contribution in [0.3, 0.4) is 0 Å². The van der Waals surface area contributed by atoms with Crippen molar-refractivity contribution in [2.45, 2.75) is 6.42 Å². The first-order valence-corrected chi connectivity index (χ1v) is 10.1. The van der Waals surface area contributed by atoms with Crippen LogP contribution in [0.1, 0.15) is 22.4 Å². The molecule has 1 aromatic heterocycles. The summed E-state index contributed by atoms with van der Waals surface area (Å²) in [6.07, 6.45) is 7.03. The molecule has 4 aromatic rings. The average Bonchev–Trinajstić information content (AvgIpc) is 3.22. The van der Waals surface area contributed by atoms with E-state index in [1.165, 1.54) is 5.56 Å². The van der Waals surface area contributed by atoms with Crippen molar-refractivity contribution >= 4 is 17.1 Å². The monoisotopic (exact) mass is 387 g/mol. The molecule has 2 heterocycles. The molecule has 0 fully saturated rings. The molecule has 1 aliphatic rings. The van der Waals surface area contributed by atoms with Crippen LogP contribution >= 0.6 is 0 Å². The van der Waals surface area contributed by atoms with Crippen molar-refractivity contribution in [3.8, 4) is 0 Å². The molecule has 144 valence electrons. The molecule has 0 saturated carbocycles. The molecule has 3 aromatic carbocycles. The van der Waals surface area contributed by atoms with Crippen LogP contribution in [-0.4, -0.2) is 15.5 Å². The van der Waals surface area contributed by atoms with Crippen molar-refractivity contribution in [3.05, 3.63) is 138 Å². The maximum Gasteiger partial charge on any atom is 0.154 e. The standard InChI is InChI=1S/C27H21N3/c1-4-10-21(11-5-1)24-16-17-25-18-19-28-30(25)26(20-24)29-27(22-12-6-2-7-13-22)23-14-8-3-9-15-23/h1-16,18-20H,17H2. The van der Waals surface area contributed by atoms with Crippen LogP contribution < -0.4 is 0 Å². The number of aliphatic imine (C=N–C) groups is 1. The van der Waals surface area contributed by atoms with Crippen molar-refractivity contribution in [2.24, 2.45) is 4.99 Å². The van der Waals surface area contributed by atoms with E-state index in [4.69, 9.17) is 4.99 Å². The van der Waals surface area contributed by atoms with Gasteiger partial charge in [-0.1, -0.05) is 97.1 Å². The zero-order valence-corrected chi connectivity index (χ0v) is 16.5. The maximum atomic E-state index is 5.16. The summed E-state index contributed by atoms with van der Waals surface area (Å²) >= 11 is 0.